The molecule has 1 aromatic heterocycles. The van der Waals surface area contributed by atoms with Crippen LogP contribution in [0.1, 0.15) is 11.1 Å². The van der Waals surface area contributed by atoms with Gasteiger partial charge in [-0.25, -0.2) is 4.98 Å². The van der Waals surface area contributed by atoms with E-state index in [1.165, 1.54) is 14.2 Å². The minimum absolute atomic E-state index is 0.294. The molecule has 0 spiro atoms. The second-order valence-electron chi connectivity index (χ2n) is 5.91. The first-order chi connectivity index (χ1) is 14.1. The molecule has 0 aliphatic rings. The molecule has 3 rings (SSSR count). The van der Waals surface area contributed by atoms with Crippen molar-refractivity contribution in [3.05, 3.63) is 78.0 Å². The predicted octanol–water partition coefficient (Wildman–Crippen LogP) is 3.07. The molecule has 0 saturated heterocycles. The second kappa shape index (κ2) is 9.23. The highest BCUT2D eigenvalue weighted by atomic mass is 16.6. The maximum absolute atomic E-state index is 5.80. The minimum Gasteiger partial charge on any atom is -0.439 e. The lowest BCUT2D eigenvalue weighted by Gasteiger charge is -2.07. The van der Waals surface area contributed by atoms with E-state index in [2.05, 4.69) is 25.0 Å². The van der Waals surface area contributed by atoms with Crippen LogP contribution in [0.3, 0.4) is 0 Å². The maximum atomic E-state index is 5.80. The van der Waals surface area contributed by atoms with E-state index in [0.29, 0.717) is 23.3 Å². The van der Waals surface area contributed by atoms with Gasteiger partial charge in [-0.3, -0.25) is 0 Å². The van der Waals surface area contributed by atoms with Gasteiger partial charge in [0.15, 0.2) is 11.7 Å². The van der Waals surface area contributed by atoms with Gasteiger partial charge in [-0.2, -0.15) is 0 Å². The van der Waals surface area contributed by atoms with Gasteiger partial charge in [-0.05, 0) is 35.9 Å². The van der Waals surface area contributed by atoms with E-state index in [-0.39, 0.29) is 0 Å². The minimum atomic E-state index is 0.294. The van der Waals surface area contributed by atoms with Gasteiger partial charge in [-0.1, -0.05) is 34.6 Å². The predicted molar refractivity (Wildman–Crippen MR) is 112 cm³/mol. The van der Waals surface area contributed by atoms with Gasteiger partial charge < -0.3 is 25.9 Å². The SMILES string of the molecule is CO/N=C(\N)c1ccc(-c2ccc(Oc3ccc(/C(N)=N\OC)cc3)nc2)cc1. The third-order valence-corrected chi connectivity index (χ3v) is 4.00. The van der Waals surface area contributed by atoms with Gasteiger partial charge >= 0.3 is 0 Å². The lowest BCUT2D eigenvalue weighted by atomic mass is 10.1. The van der Waals surface area contributed by atoms with Crippen LogP contribution in [0, 0.1) is 0 Å². The summed E-state index contributed by atoms with van der Waals surface area (Å²) < 4.78 is 5.77. The summed E-state index contributed by atoms with van der Waals surface area (Å²) >= 11 is 0. The average molecular weight is 391 g/mol. The van der Waals surface area contributed by atoms with E-state index in [0.717, 1.165) is 22.3 Å². The van der Waals surface area contributed by atoms with Crippen molar-refractivity contribution in [1.29, 1.82) is 0 Å². The Labute approximate surface area is 168 Å². The molecule has 3 aromatic rings. The van der Waals surface area contributed by atoms with Gasteiger partial charge in [-0.15, -0.1) is 0 Å². The number of hydrogen-bond donors (Lipinski definition) is 2. The molecule has 0 unspecified atom stereocenters. The van der Waals surface area contributed by atoms with Crippen LogP contribution in [-0.2, 0) is 9.68 Å². The van der Waals surface area contributed by atoms with Crippen molar-refractivity contribution in [3.63, 3.8) is 0 Å². The number of oxime groups is 2. The summed E-state index contributed by atoms with van der Waals surface area (Å²) in [4.78, 5) is 13.7. The summed E-state index contributed by atoms with van der Waals surface area (Å²) in [5, 5.41) is 7.41. The standard InChI is InChI=1S/C21H21N5O3/c1-27-25-20(22)15-5-3-14(4-6-15)17-9-12-19(24-13-17)29-18-10-7-16(8-11-18)21(23)26-28-2/h3-13H,1-2H3,(H2,22,25)(H2,23,26). The van der Waals surface area contributed by atoms with Crippen LogP contribution in [0.25, 0.3) is 11.1 Å². The highest BCUT2D eigenvalue weighted by molar-refractivity contribution is 5.97. The second-order valence-corrected chi connectivity index (χ2v) is 5.91. The van der Waals surface area contributed by atoms with Crippen LogP contribution in [0.2, 0.25) is 0 Å². The van der Waals surface area contributed by atoms with Crippen LogP contribution in [0.15, 0.2) is 77.2 Å². The van der Waals surface area contributed by atoms with Crippen molar-refractivity contribution >= 4 is 11.7 Å². The molecule has 0 aliphatic carbocycles. The molecule has 8 nitrogen and oxygen atoms in total. The average Bonchev–Trinajstić information content (AvgIpc) is 2.75. The van der Waals surface area contributed by atoms with Crippen molar-refractivity contribution in [2.45, 2.75) is 0 Å². The zero-order chi connectivity index (χ0) is 20.6. The summed E-state index contributed by atoms with van der Waals surface area (Å²) in [6, 6.07) is 18.5. The van der Waals surface area contributed by atoms with Gasteiger partial charge in [0.05, 0.1) is 0 Å². The molecular formula is C21H21N5O3. The highest BCUT2D eigenvalue weighted by Gasteiger charge is 2.05. The molecule has 0 atom stereocenters. The first-order valence-electron chi connectivity index (χ1n) is 8.69. The van der Waals surface area contributed by atoms with E-state index in [1.807, 2.05) is 30.3 Å². The van der Waals surface area contributed by atoms with Crippen molar-refractivity contribution < 1.29 is 14.4 Å². The summed E-state index contributed by atoms with van der Waals surface area (Å²) in [5.41, 5.74) is 15.0. The third-order valence-electron chi connectivity index (χ3n) is 4.00. The van der Waals surface area contributed by atoms with Gasteiger partial charge in [0, 0.05) is 29.0 Å². The molecule has 148 valence electrons. The Balaban J connectivity index is 1.69. The number of benzene rings is 2. The topological polar surface area (TPSA) is 117 Å². The van der Waals surface area contributed by atoms with Crippen LogP contribution in [0.5, 0.6) is 11.6 Å². The number of aromatic nitrogens is 1. The van der Waals surface area contributed by atoms with E-state index >= 15 is 0 Å². The zero-order valence-electron chi connectivity index (χ0n) is 16.1. The Morgan fingerprint density at radius 1 is 0.724 bits per heavy atom. The fourth-order valence-electron chi connectivity index (χ4n) is 2.56. The number of pyridine rings is 1. The molecule has 2 aromatic carbocycles. The molecule has 1 heterocycles. The molecule has 0 fully saturated rings. The monoisotopic (exact) mass is 391 g/mol. The highest BCUT2D eigenvalue weighted by Crippen LogP contribution is 2.24. The Hall–Kier alpha value is -4.07. The summed E-state index contributed by atoms with van der Waals surface area (Å²) in [7, 11) is 2.90. The number of hydrogen-bond acceptors (Lipinski definition) is 6. The van der Waals surface area contributed by atoms with E-state index in [9.17, 15) is 0 Å². The van der Waals surface area contributed by atoms with E-state index in [1.54, 1.807) is 36.5 Å². The quantitative estimate of drug-likeness (QED) is 0.363. The van der Waals surface area contributed by atoms with Crippen molar-refractivity contribution in [1.82, 2.24) is 4.98 Å². The summed E-state index contributed by atoms with van der Waals surface area (Å²) in [6.07, 6.45) is 1.74. The van der Waals surface area contributed by atoms with Gasteiger partial charge in [0.1, 0.15) is 20.0 Å². The lowest BCUT2D eigenvalue weighted by Crippen LogP contribution is -2.13. The van der Waals surface area contributed by atoms with Crippen molar-refractivity contribution in [3.8, 4) is 22.8 Å². The smallest absolute Gasteiger partial charge is 0.219 e. The number of nitrogens with two attached hydrogens (primary N) is 2. The Kier molecular flexibility index (Phi) is 6.26. The molecule has 0 amide bonds. The van der Waals surface area contributed by atoms with Crippen LogP contribution in [-0.4, -0.2) is 30.9 Å². The molecule has 8 heteroatoms. The molecule has 0 bridgehead atoms. The van der Waals surface area contributed by atoms with Crippen LogP contribution >= 0.6 is 0 Å². The summed E-state index contributed by atoms with van der Waals surface area (Å²) in [5.74, 6) is 1.73. The first-order valence-corrected chi connectivity index (χ1v) is 8.69. The van der Waals surface area contributed by atoms with Crippen LogP contribution in [0.4, 0.5) is 0 Å². The van der Waals surface area contributed by atoms with Crippen molar-refractivity contribution in [2.24, 2.45) is 21.8 Å². The molecule has 0 radical (unpaired) electrons. The number of ether oxygens (including phenoxy) is 1. The molecule has 29 heavy (non-hydrogen) atoms. The lowest BCUT2D eigenvalue weighted by molar-refractivity contribution is 0.213. The summed E-state index contributed by atoms with van der Waals surface area (Å²) in [6.45, 7) is 0. The number of amidine groups is 2. The number of nitrogens with zero attached hydrogens (tertiary/aromatic N) is 3. The Bertz CT molecular complexity index is 998. The van der Waals surface area contributed by atoms with Gasteiger partial charge in [0.2, 0.25) is 5.88 Å². The third kappa shape index (κ3) is 5.01. The molecular weight excluding hydrogens is 370 g/mol. The fraction of sp³-hybridized carbons (Fsp3) is 0.0952. The Morgan fingerprint density at radius 3 is 1.72 bits per heavy atom. The zero-order valence-corrected chi connectivity index (χ0v) is 16.1. The molecule has 0 saturated carbocycles. The maximum Gasteiger partial charge on any atom is 0.219 e. The largest absolute Gasteiger partial charge is 0.439 e. The van der Waals surface area contributed by atoms with Gasteiger partial charge in [0.25, 0.3) is 0 Å². The number of rotatable bonds is 7. The molecule has 4 N–H and O–H groups in total. The molecule has 0 aliphatic heterocycles. The normalized spacial score (nSPS) is 11.8. The Morgan fingerprint density at radius 2 is 1.24 bits per heavy atom. The fourth-order valence-corrected chi connectivity index (χ4v) is 2.56. The van der Waals surface area contributed by atoms with Crippen molar-refractivity contribution in [2.75, 3.05) is 14.2 Å². The van der Waals surface area contributed by atoms with Crippen LogP contribution < -0.4 is 16.2 Å². The van der Waals surface area contributed by atoms with E-state index < -0.39 is 0 Å². The first kappa shape index (κ1) is 19.7. The van der Waals surface area contributed by atoms with E-state index in [4.69, 9.17) is 16.2 Å².